The van der Waals surface area contributed by atoms with Crippen LogP contribution in [0.2, 0.25) is 0 Å². The van der Waals surface area contributed by atoms with Crippen molar-refractivity contribution in [1.29, 1.82) is 0 Å². The van der Waals surface area contributed by atoms with Crippen molar-refractivity contribution in [2.45, 2.75) is 19.5 Å². The first kappa shape index (κ1) is 21.9. The van der Waals surface area contributed by atoms with E-state index < -0.39 is 0 Å². The highest BCUT2D eigenvalue weighted by Gasteiger charge is 2.14. The number of amides is 1. The Bertz CT molecular complexity index is 1240. The number of carbonyl (C=O) groups excluding carboxylic acids is 1. The maximum Gasteiger partial charge on any atom is 0.251 e. The number of hydrogen-bond donors (Lipinski definition) is 2. The zero-order chi connectivity index (χ0) is 23.2. The number of methoxy groups -OCH3 is 1. The van der Waals surface area contributed by atoms with Crippen molar-refractivity contribution >= 4 is 11.6 Å². The van der Waals surface area contributed by atoms with Crippen molar-refractivity contribution in [2.24, 2.45) is 7.05 Å². The molecule has 4 aromatic rings. The van der Waals surface area contributed by atoms with Crippen LogP contribution in [-0.2, 0) is 13.6 Å². The van der Waals surface area contributed by atoms with E-state index in [2.05, 4.69) is 30.8 Å². The lowest BCUT2D eigenvalue weighted by Crippen LogP contribution is -2.26. The van der Waals surface area contributed by atoms with Crippen molar-refractivity contribution in [3.63, 3.8) is 0 Å². The van der Waals surface area contributed by atoms with Crippen molar-refractivity contribution in [2.75, 3.05) is 12.4 Å². The van der Waals surface area contributed by atoms with Crippen LogP contribution in [0, 0.1) is 0 Å². The number of benzene rings is 2. The van der Waals surface area contributed by atoms with Gasteiger partial charge in [0, 0.05) is 24.5 Å². The summed E-state index contributed by atoms with van der Waals surface area (Å²) in [6, 6.07) is 16.6. The van der Waals surface area contributed by atoms with Gasteiger partial charge in [-0.15, -0.1) is 10.2 Å². The molecular formula is C24H25N7O2. The first-order valence-corrected chi connectivity index (χ1v) is 10.5. The van der Waals surface area contributed by atoms with E-state index >= 15 is 0 Å². The first-order valence-electron chi connectivity index (χ1n) is 10.5. The highest BCUT2D eigenvalue weighted by atomic mass is 16.5. The minimum absolute atomic E-state index is 0.154. The molecule has 2 aromatic heterocycles. The molecule has 168 valence electrons. The van der Waals surface area contributed by atoms with Gasteiger partial charge in [0.15, 0.2) is 11.6 Å². The van der Waals surface area contributed by atoms with Gasteiger partial charge in [0.2, 0.25) is 0 Å². The van der Waals surface area contributed by atoms with E-state index in [9.17, 15) is 4.79 Å². The Kier molecular flexibility index (Phi) is 6.58. The van der Waals surface area contributed by atoms with Gasteiger partial charge in [0.05, 0.1) is 19.7 Å². The molecule has 1 amide bonds. The number of ether oxygens (including phenoxy) is 1. The predicted molar refractivity (Wildman–Crippen MR) is 125 cm³/mol. The van der Waals surface area contributed by atoms with Gasteiger partial charge in [-0.05, 0) is 48.9 Å². The Hall–Kier alpha value is -4.27. The standard InChI is InChI=1S/C24H25N7O2/c1-16(17-6-5-9-20(13-17)33-3)28-24(32)18-7-4-8-19(12-18)26-14-22-29-30-23(31(22)2)21-10-11-25-15-27-21/h4-13,15-16,26H,14H2,1-3H3,(H,28,32)/t16-/m1/s1. The second-order valence-electron chi connectivity index (χ2n) is 7.50. The number of anilines is 1. The van der Waals surface area contributed by atoms with E-state index in [1.165, 1.54) is 6.33 Å². The lowest BCUT2D eigenvalue weighted by atomic mass is 10.1. The van der Waals surface area contributed by atoms with Gasteiger partial charge in [0.25, 0.3) is 5.91 Å². The van der Waals surface area contributed by atoms with Crippen LogP contribution in [0.4, 0.5) is 5.69 Å². The molecule has 9 heteroatoms. The van der Waals surface area contributed by atoms with Gasteiger partial charge in [-0.25, -0.2) is 9.97 Å². The molecule has 9 nitrogen and oxygen atoms in total. The topological polar surface area (TPSA) is 107 Å². The molecule has 2 heterocycles. The molecule has 2 N–H and O–H groups in total. The van der Waals surface area contributed by atoms with E-state index in [-0.39, 0.29) is 11.9 Å². The van der Waals surface area contributed by atoms with Crippen LogP contribution in [-0.4, -0.2) is 37.7 Å². The van der Waals surface area contributed by atoms with Crippen molar-refractivity contribution < 1.29 is 9.53 Å². The summed E-state index contributed by atoms with van der Waals surface area (Å²) >= 11 is 0. The molecule has 0 saturated heterocycles. The van der Waals surface area contributed by atoms with E-state index in [0.717, 1.165) is 22.8 Å². The van der Waals surface area contributed by atoms with E-state index in [1.807, 2.05) is 61.0 Å². The molecule has 33 heavy (non-hydrogen) atoms. The highest BCUT2D eigenvalue weighted by molar-refractivity contribution is 5.95. The lowest BCUT2D eigenvalue weighted by Gasteiger charge is -2.16. The van der Waals surface area contributed by atoms with E-state index in [0.29, 0.717) is 23.6 Å². The van der Waals surface area contributed by atoms with Crippen LogP contribution in [0.3, 0.4) is 0 Å². The maximum absolute atomic E-state index is 12.8. The minimum atomic E-state index is -0.164. The third kappa shape index (κ3) is 5.15. The number of rotatable bonds is 8. The van der Waals surface area contributed by atoms with Crippen LogP contribution in [0.25, 0.3) is 11.5 Å². The van der Waals surface area contributed by atoms with Gasteiger partial charge >= 0.3 is 0 Å². The maximum atomic E-state index is 12.8. The second-order valence-corrected chi connectivity index (χ2v) is 7.50. The molecule has 0 radical (unpaired) electrons. The monoisotopic (exact) mass is 443 g/mol. The third-order valence-electron chi connectivity index (χ3n) is 5.29. The smallest absolute Gasteiger partial charge is 0.251 e. The summed E-state index contributed by atoms with van der Waals surface area (Å²) in [5, 5.41) is 14.8. The molecule has 4 rings (SSSR count). The second kappa shape index (κ2) is 9.90. The van der Waals surface area contributed by atoms with E-state index in [1.54, 1.807) is 25.4 Å². The summed E-state index contributed by atoms with van der Waals surface area (Å²) in [6.45, 7) is 2.39. The Morgan fingerprint density at radius 1 is 1.12 bits per heavy atom. The Balaban J connectivity index is 1.41. The van der Waals surface area contributed by atoms with Crippen molar-refractivity contribution in [3.8, 4) is 17.3 Å². The van der Waals surface area contributed by atoms with Gasteiger partial charge < -0.3 is 19.9 Å². The molecule has 2 aromatic carbocycles. The summed E-state index contributed by atoms with van der Waals surface area (Å²) in [5.74, 6) is 2.00. The number of aromatic nitrogens is 5. The highest BCUT2D eigenvalue weighted by Crippen LogP contribution is 2.20. The summed E-state index contributed by atoms with van der Waals surface area (Å²) in [7, 11) is 3.51. The molecule has 1 atom stereocenters. The lowest BCUT2D eigenvalue weighted by molar-refractivity contribution is 0.0940. The molecule has 0 aliphatic carbocycles. The van der Waals surface area contributed by atoms with Crippen LogP contribution in [0.15, 0.2) is 67.1 Å². The van der Waals surface area contributed by atoms with Gasteiger partial charge in [-0.3, -0.25) is 4.79 Å². The molecule has 0 saturated carbocycles. The fourth-order valence-electron chi connectivity index (χ4n) is 3.39. The molecule has 0 unspecified atom stereocenters. The average Bonchev–Trinajstić information content (AvgIpc) is 3.23. The third-order valence-corrected chi connectivity index (χ3v) is 5.29. The Labute approximate surface area is 191 Å². The summed E-state index contributed by atoms with van der Waals surface area (Å²) in [6.07, 6.45) is 3.15. The largest absolute Gasteiger partial charge is 0.497 e. The van der Waals surface area contributed by atoms with Gasteiger partial charge in [-0.1, -0.05) is 18.2 Å². The molecule has 0 fully saturated rings. The molecule has 0 spiro atoms. The number of carbonyl (C=O) groups is 1. The van der Waals surface area contributed by atoms with Crippen molar-refractivity contribution in [3.05, 3.63) is 84.1 Å². The summed E-state index contributed by atoms with van der Waals surface area (Å²) in [4.78, 5) is 21.0. The predicted octanol–water partition coefficient (Wildman–Crippen LogP) is 3.38. The van der Waals surface area contributed by atoms with Crippen molar-refractivity contribution in [1.82, 2.24) is 30.0 Å². The quantitative estimate of drug-likeness (QED) is 0.430. The first-order chi connectivity index (χ1) is 16.0. The molecule has 0 aliphatic heterocycles. The van der Waals surface area contributed by atoms with Gasteiger partial charge in [0.1, 0.15) is 17.8 Å². The SMILES string of the molecule is COc1cccc([C@@H](C)NC(=O)c2cccc(NCc3nnc(-c4ccncn4)n3C)c2)c1. The Morgan fingerprint density at radius 2 is 1.97 bits per heavy atom. The zero-order valence-electron chi connectivity index (χ0n) is 18.7. The van der Waals surface area contributed by atoms with Crippen LogP contribution < -0.4 is 15.4 Å². The van der Waals surface area contributed by atoms with Gasteiger partial charge in [-0.2, -0.15) is 0 Å². The molecular weight excluding hydrogens is 418 g/mol. The number of nitrogens with one attached hydrogen (secondary N) is 2. The van der Waals surface area contributed by atoms with E-state index in [4.69, 9.17) is 4.74 Å². The fraction of sp³-hybridized carbons (Fsp3) is 0.208. The summed E-state index contributed by atoms with van der Waals surface area (Å²) < 4.78 is 7.15. The van der Waals surface area contributed by atoms with Crippen LogP contribution in [0.1, 0.15) is 34.7 Å². The molecule has 0 aliphatic rings. The molecule has 0 bridgehead atoms. The fourth-order valence-corrected chi connectivity index (χ4v) is 3.39. The minimum Gasteiger partial charge on any atom is -0.497 e. The number of hydrogen-bond acceptors (Lipinski definition) is 7. The average molecular weight is 444 g/mol. The Morgan fingerprint density at radius 3 is 2.76 bits per heavy atom. The van der Waals surface area contributed by atoms with Crippen LogP contribution >= 0.6 is 0 Å². The zero-order valence-corrected chi connectivity index (χ0v) is 18.7. The van der Waals surface area contributed by atoms with Crippen LogP contribution in [0.5, 0.6) is 5.75 Å². The normalized spacial score (nSPS) is 11.6. The summed E-state index contributed by atoms with van der Waals surface area (Å²) in [5.41, 5.74) is 3.05. The number of nitrogens with zero attached hydrogens (tertiary/aromatic N) is 5.